The van der Waals surface area contributed by atoms with Gasteiger partial charge < -0.3 is 10.6 Å². The van der Waals surface area contributed by atoms with Crippen molar-refractivity contribution in [3.8, 4) is 0 Å². The summed E-state index contributed by atoms with van der Waals surface area (Å²) in [6.07, 6.45) is 0.951. The molecule has 2 heteroatoms. The molecule has 0 amide bonds. The summed E-state index contributed by atoms with van der Waals surface area (Å²) in [6, 6.07) is 17.8. The highest BCUT2D eigenvalue weighted by Gasteiger charge is 2.12. The molecule has 0 aromatic heterocycles. The Hall–Kier alpha value is -1.80. The van der Waals surface area contributed by atoms with Crippen LogP contribution < -0.4 is 10.6 Å². The molecular formula is C19H26N2. The van der Waals surface area contributed by atoms with Gasteiger partial charge in [0.2, 0.25) is 0 Å². The molecule has 0 bridgehead atoms. The van der Waals surface area contributed by atoms with E-state index in [4.69, 9.17) is 5.73 Å². The minimum Gasteiger partial charge on any atom is -0.365 e. The second-order valence-corrected chi connectivity index (χ2v) is 5.86. The molecule has 2 nitrogen and oxygen atoms in total. The lowest BCUT2D eigenvalue weighted by molar-refractivity contribution is 0.682. The van der Waals surface area contributed by atoms with Gasteiger partial charge in [0, 0.05) is 18.3 Å². The van der Waals surface area contributed by atoms with Crippen molar-refractivity contribution in [2.24, 2.45) is 5.73 Å². The Kier molecular flexibility index (Phi) is 5.40. The fourth-order valence-corrected chi connectivity index (χ4v) is 2.65. The Morgan fingerprint density at radius 2 is 1.76 bits per heavy atom. The van der Waals surface area contributed by atoms with E-state index in [0.29, 0.717) is 12.6 Å². The molecule has 0 unspecified atom stereocenters. The van der Waals surface area contributed by atoms with Crippen LogP contribution in [-0.4, -0.2) is 12.6 Å². The van der Waals surface area contributed by atoms with E-state index in [-0.39, 0.29) is 0 Å². The summed E-state index contributed by atoms with van der Waals surface area (Å²) in [5, 5.41) is 0. The van der Waals surface area contributed by atoms with E-state index in [1.54, 1.807) is 0 Å². The second-order valence-electron chi connectivity index (χ2n) is 5.86. The number of hydrogen-bond acceptors (Lipinski definition) is 2. The first kappa shape index (κ1) is 15.6. The van der Waals surface area contributed by atoms with E-state index >= 15 is 0 Å². The average Bonchev–Trinajstić information content (AvgIpc) is 2.48. The number of hydrogen-bond donors (Lipinski definition) is 1. The van der Waals surface area contributed by atoms with E-state index in [2.05, 4.69) is 74.2 Å². The van der Waals surface area contributed by atoms with E-state index < -0.39 is 0 Å². The Bertz CT molecular complexity index is 561. The van der Waals surface area contributed by atoms with Gasteiger partial charge in [-0.25, -0.2) is 0 Å². The molecule has 0 aliphatic carbocycles. The summed E-state index contributed by atoms with van der Waals surface area (Å²) >= 11 is 0. The summed E-state index contributed by atoms with van der Waals surface area (Å²) in [7, 11) is 0. The van der Waals surface area contributed by atoms with Crippen molar-refractivity contribution in [1.29, 1.82) is 0 Å². The molecule has 2 N–H and O–H groups in total. The molecule has 21 heavy (non-hydrogen) atoms. The van der Waals surface area contributed by atoms with Gasteiger partial charge in [-0.2, -0.15) is 0 Å². The maximum absolute atomic E-state index is 5.67. The van der Waals surface area contributed by atoms with Gasteiger partial charge in [0.25, 0.3) is 0 Å². The summed E-state index contributed by atoms with van der Waals surface area (Å²) < 4.78 is 0. The Balaban J connectivity index is 2.24. The first-order valence-electron chi connectivity index (χ1n) is 7.72. The predicted octanol–water partition coefficient (Wildman–Crippen LogP) is 3.91. The number of rotatable bonds is 6. The molecule has 0 spiro atoms. The smallest absolute Gasteiger partial charge is 0.0432 e. The molecule has 0 saturated heterocycles. The van der Waals surface area contributed by atoms with E-state index in [9.17, 15) is 0 Å². The van der Waals surface area contributed by atoms with Gasteiger partial charge in [0.1, 0.15) is 0 Å². The Morgan fingerprint density at radius 3 is 2.33 bits per heavy atom. The van der Waals surface area contributed by atoms with Gasteiger partial charge in [-0.1, -0.05) is 36.4 Å². The van der Waals surface area contributed by atoms with Crippen LogP contribution in [0.15, 0.2) is 48.5 Å². The summed E-state index contributed by atoms with van der Waals surface area (Å²) in [6.45, 7) is 8.31. The Morgan fingerprint density at radius 1 is 1.05 bits per heavy atom. The van der Waals surface area contributed by atoms with Crippen molar-refractivity contribution >= 4 is 5.69 Å². The van der Waals surface area contributed by atoms with Crippen LogP contribution in [0.25, 0.3) is 0 Å². The van der Waals surface area contributed by atoms with Gasteiger partial charge in [0.15, 0.2) is 0 Å². The van der Waals surface area contributed by atoms with Crippen molar-refractivity contribution in [3.05, 3.63) is 65.2 Å². The van der Waals surface area contributed by atoms with Gasteiger partial charge >= 0.3 is 0 Å². The van der Waals surface area contributed by atoms with Crippen molar-refractivity contribution in [2.45, 2.75) is 39.8 Å². The standard InChI is InChI=1S/C19H26N2/c1-15(2)21(14-17-7-5-4-6-8-17)19-10-9-18(11-12-20)16(3)13-19/h4-10,13,15H,11-12,14,20H2,1-3H3. The number of anilines is 1. The fraction of sp³-hybridized carbons (Fsp3) is 0.368. The van der Waals surface area contributed by atoms with Crippen LogP contribution >= 0.6 is 0 Å². The van der Waals surface area contributed by atoms with E-state index in [1.165, 1.54) is 22.4 Å². The highest BCUT2D eigenvalue weighted by molar-refractivity contribution is 5.52. The van der Waals surface area contributed by atoms with Crippen LogP contribution in [0.3, 0.4) is 0 Å². The number of aryl methyl sites for hydroxylation is 1. The molecule has 0 radical (unpaired) electrons. The SMILES string of the molecule is Cc1cc(N(Cc2ccccc2)C(C)C)ccc1CCN. The zero-order chi connectivity index (χ0) is 15.2. The van der Waals surface area contributed by atoms with Crippen molar-refractivity contribution in [1.82, 2.24) is 0 Å². The van der Waals surface area contributed by atoms with Crippen LogP contribution in [0.1, 0.15) is 30.5 Å². The molecule has 0 atom stereocenters. The minimum absolute atomic E-state index is 0.463. The van der Waals surface area contributed by atoms with Crippen molar-refractivity contribution in [2.75, 3.05) is 11.4 Å². The van der Waals surface area contributed by atoms with Crippen LogP contribution in [0.4, 0.5) is 5.69 Å². The first-order valence-corrected chi connectivity index (χ1v) is 7.72. The fourth-order valence-electron chi connectivity index (χ4n) is 2.65. The lowest BCUT2D eigenvalue weighted by Crippen LogP contribution is -2.30. The maximum atomic E-state index is 5.67. The highest BCUT2D eigenvalue weighted by atomic mass is 15.1. The molecule has 0 fully saturated rings. The molecule has 0 heterocycles. The largest absolute Gasteiger partial charge is 0.365 e. The zero-order valence-electron chi connectivity index (χ0n) is 13.3. The normalized spacial score (nSPS) is 10.9. The summed E-state index contributed by atoms with van der Waals surface area (Å²) in [5.74, 6) is 0. The number of benzene rings is 2. The quantitative estimate of drug-likeness (QED) is 0.870. The van der Waals surface area contributed by atoms with Crippen LogP contribution in [-0.2, 0) is 13.0 Å². The third kappa shape index (κ3) is 4.08. The zero-order valence-corrected chi connectivity index (χ0v) is 13.3. The number of nitrogens with zero attached hydrogens (tertiary/aromatic N) is 1. The van der Waals surface area contributed by atoms with Crippen molar-refractivity contribution in [3.63, 3.8) is 0 Å². The molecule has 0 aliphatic rings. The summed E-state index contributed by atoms with van der Waals surface area (Å²) in [4.78, 5) is 2.44. The highest BCUT2D eigenvalue weighted by Crippen LogP contribution is 2.23. The lowest BCUT2D eigenvalue weighted by atomic mass is 10.0. The molecule has 2 aromatic carbocycles. The minimum atomic E-state index is 0.463. The average molecular weight is 282 g/mol. The molecule has 2 aromatic rings. The lowest BCUT2D eigenvalue weighted by Gasteiger charge is -2.30. The monoisotopic (exact) mass is 282 g/mol. The van der Waals surface area contributed by atoms with E-state index in [0.717, 1.165) is 13.0 Å². The summed E-state index contributed by atoms with van der Waals surface area (Å²) in [5.41, 5.74) is 11.0. The van der Waals surface area contributed by atoms with Crippen LogP contribution in [0, 0.1) is 6.92 Å². The Labute approximate surface area is 128 Å². The first-order chi connectivity index (χ1) is 10.1. The third-order valence-electron chi connectivity index (χ3n) is 3.89. The van der Waals surface area contributed by atoms with Crippen molar-refractivity contribution < 1.29 is 0 Å². The van der Waals surface area contributed by atoms with E-state index in [1.807, 2.05) is 0 Å². The van der Waals surface area contributed by atoms with Crippen LogP contribution in [0.5, 0.6) is 0 Å². The van der Waals surface area contributed by atoms with Gasteiger partial charge in [-0.3, -0.25) is 0 Å². The molecule has 0 saturated carbocycles. The molecule has 2 rings (SSSR count). The molecular weight excluding hydrogens is 256 g/mol. The van der Waals surface area contributed by atoms with Gasteiger partial charge in [-0.05, 0) is 62.6 Å². The molecule has 112 valence electrons. The maximum Gasteiger partial charge on any atom is 0.0432 e. The predicted molar refractivity (Wildman–Crippen MR) is 91.7 cm³/mol. The second kappa shape index (κ2) is 7.28. The number of nitrogens with two attached hydrogens (primary N) is 1. The third-order valence-corrected chi connectivity index (χ3v) is 3.89. The molecule has 0 aliphatic heterocycles. The topological polar surface area (TPSA) is 29.3 Å². The van der Waals surface area contributed by atoms with Gasteiger partial charge in [-0.15, -0.1) is 0 Å². The van der Waals surface area contributed by atoms with Gasteiger partial charge in [0.05, 0.1) is 0 Å². The van der Waals surface area contributed by atoms with Crippen LogP contribution in [0.2, 0.25) is 0 Å².